The third kappa shape index (κ3) is 4.55. The highest BCUT2D eigenvalue weighted by molar-refractivity contribution is 5.94. The van der Waals surface area contributed by atoms with Crippen molar-refractivity contribution in [2.45, 2.75) is 19.5 Å². The molecule has 5 heteroatoms. The molecule has 0 aromatic heterocycles. The van der Waals surface area contributed by atoms with E-state index in [-0.39, 0.29) is 17.6 Å². The summed E-state index contributed by atoms with van der Waals surface area (Å²) in [5.41, 5.74) is 1.55. The van der Waals surface area contributed by atoms with Crippen molar-refractivity contribution in [1.82, 2.24) is 5.32 Å². The van der Waals surface area contributed by atoms with Crippen LogP contribution in [0.3, 0.4) is 0 Å². The summed E-state index contributed by atoms with van der Waals surface area (Å²) in [6, 6.07) is 15.5. The zero-order valence-corrected chi connectivity index (χ0v) is 12.1. The molecule has 3 nitrogen and oxygen atoms in total. The molecule has 0 fully saturated rings. The van der Waals surface area contributed by atoms with Crippen LogP contribution in [0.2, 0.25) is 0 Å². The molecule has 1 atom stereocenters. The number of carbonyl (C=O) groups excluding carboxylic acids is 1. The van der Waals surface area contributed by atoms with Crippen LogP contribution in [-0.4, -0.2) is 19.1 Å². The largest absolute Gasteiger partial charge is 0.435 e. The van der Waals surface area contributed by atoms with E-state index >= 15 is 0 Å². The number of hydrogen-bond acceptors (Lipinski definition) is 2. The standard InChI is InChI=1S/C17H17F2NO2/c1-12(13-5-3-2-4-6-13)11-20-16(21)14-7-9-15(10-8-14)22-17(18)19/h2-10,12,17H,11H2,1H3,(H,20,21). The van der Waals surface area contributed by atoms with E-state index in [0.717, 1.165) is 5.56 Å². The molecule has 0 aliphatic rings. The van der Waals surface area contributed by atoms with Crippen LogP contribution in [-0.2, 0) is 0 Å². The summed E-state index contributed by atoms with van der Waals surface area (Å²) >= 11 is 0. The predicted molar refractivity (Wildman–Crippen MR) is 80.3 cm³/mol. The van der Waals surface area contributed by atoms with Gasteiger partial charge in [-0.15, -0.1) is 0 Å². The zero-order valence-electron chi connectivity index (χ0n) is 12.1. The second kappa shape index (κ2) is 7.54. The van der Waals surface area contributed by atoms with Crippen molar-refractivity contribution < 1.29 is 18.3 Å². The lowest BCUT2D eigenvalue weighted by molar-refractivity contribution is -0.0498. The van der Waals surface area contributed by atoms with E-state index in [1.807, 2.05) is 37.3 Å². The molecule has 0 radical (unpaired) electrons. The summed E-state index contributed by atoms with van der Waals surface area (Å²) in [5.74, 6) is -0.0258. The zero-order chi connectivity index (χ0) is 15.9. The van der Waals surface area contributed by atoms with Crippen LogP contribution in [0.1, 0.15) is 28.8 Å². The van der Waals surface area contributed by atoms with Gasteiger partial charge in [0.25, 0.3) is 5.91 Å². The van der Waals surface area contributed by atoms with Crippen molar-refractivity contribution in [1.29, 1.82) is 0 Å². The van der Waals surface area contributed by atoms with E-state index in [2.05, 4.69) is 10.1 Å². The van der Waals surface area contributed by atoms with Gasteiger partial charge in [0, 0.05) is 12.1 Å². The van der Waals surface area contributed by atoms with Crippen molar-refractivity contribution in [2.75, 3.05) is 6.54 Å². The summed E-state index contributed by atoms with van der Waals surface area (Å²) < 4.78 is 28.3. The fraction of sp³-hybridized carbons (Fsp3) is 0.235. The molecule has 2 rings (SSSR count). The number of nitrogens with one attached hydrogen (secondary N) is 1. The van der Waals surface area contributed by atoms with Crippen LogP contribution < -0.4 is 10.1 Å². The Morgan fingerprint density at radius 3 is 2.32 bits per heavy atom. The van der Waals surface area contributed by atoms with Crippen molar-refractivity contribution >= 4 is 5.91 Å². The van der Waals surface area contributed by atoms with Gasteiger partial charge in [0.2, 0.25) is 0 Å². The third-order valence-electron chi connectivity index (χ3n) is 3.28. The lowest BCUT2D eigenvalue weighted by Crippen LogP contribution is -2.27. The minimum Gasteiger partial charge on any atom is -0.435 e. The fourth-order valence-corrected chi connectivity index (χ4v) is 2.04. The van der Waals surface area contributed by atoms with E-state index in [0.29, 0.717) is 12.1 Å². The summed E-state index contributed by atoms with van der Waals surface area (Å²) in [7, 11) is 0. The van der Waals surface area contributed by atoms with E-state index < -0.39 is 6.61 Å². The summed E-state index contributed by atoms with van der Waals surface area (Å²) in [4.78, 5) is 12.0. The highest BCUT2D eigenvalue weighted by atomic mass is 19.3. The topological polar surface area (TPSA) is 38.3 Å². The van der Waals surface area contributed by atoms with E-state index in [9.17, 15) is 13.6 Å². The lowest BCUT2D eigenvalue weighted by Gasteiger charge is -2.13. The second-order valence-corrected chi connectivity index (χ2v) is 4.92. The summed E-state index contributed by atoms with van der Waals surface area (Å²) in [6.07, 6.45) is 0. The molecule has 0 saturated carbocycles. The van der Waals surface area contributed by atoms with Gasteiger partial charge in [-0.2, -0.15) is 8.78 Å². The van der Waals surface area contributed by atoms with Crippen molar-refractivity contribution in [3.05, 3.63) is 65.7 Å². The molecule has 116 valence electrons. The highest BCUT2D eigenvalue weighted by Gasteiger charge is 2.10. The van der Waals surface area contributed by atoms with E-state index in [1.165, 1.54) is 24.3 Å². The van der Waals surface area contributed by atoms with Gasteiger partial charge in [-0.1, -0.05) is 37.3 Å². The smallest absolute Gasteiger partial charge is 0.387 e. The molecule has 0 aliphatic carbocycles. The predicted octanol–water partition coefficient (Wildman–Crippen LogP) is 3.82. The maximum absolute atomic E-state index is 12.0. The van der Waals surface area contributed by atoms with Crippen LogP contribution in [0.5, 0.6) is 5.75 Å². The minimum atomic E-state index is -2.87. The van der Waals surface area contributed by atoms with Crippen LogP contribution in [0, 0.1) is 0 Å². The number of alkyl halides is 2. The molecule has 1 amide bonds. The molecule has 1 N–H and O–H groups in total. The third-order valence-corrected chi connectivity index (χ3v) is 3.28. The number of ether oxygens (including phenoxy) is 1. The number of halogens is 2. The average Bonchev–Trinajstić information content (AvgIpc) is 2.53. The van der Waals surface area contributed by atoms with Gasteiger partial charge in [0.1, 0.15) is 5.75 Å². The fourth-order valence-electron chi connectivity index (χ4n) is 2.04. The molecule has 2 aromatic carbocycles. The first-order chi connectivity index (χ1) is 10.6. The maximum Gasteiger partial charge on any atom is 0.387 e. The maximum atomic E-state index is 12.0. The Morgan fingerprint density at radius 2 is 1.73 bits per heavy atom. The number of rotatable bonds is 6. The van der Waals surface area contributed by atoms with Gasteiger partial charge in [0.15, 0.2) is 0 Å². The molecule has 0 spiro atoms. The molecule has 0 heterocycles. The Labute approximate surface area is 127 Å². The van der Waals surface area contributed by atoms with Gasteiger partial charge in [-0.05, 0) is 35.7 Å². The van der Waals surface area contributed by atoms with Crippen molar-refractivity contribution in [3.8, 4) is 5.75 Å². The van der Waals surface area contributed by atoms with Gasteiger partial charge in [0.05, 0.1) is 0 Å². The van der Waals surface area contributed by atoms with Crippen LogP contribution in [0.15, 0.2) is 54.6 Å². The first-order valence-electron chi connectivity index (χ1n) is 6.94. The molecular formula is C17H17F2NO2. The Morgan fingerprint density at radius 1 is 1.09 bits per heavy atom. The number of carbonyl (C=O) groups is 1. The lowest BCUT2D eigenvalue weighted by atomic mass is 10.0. The van der Waals surface area contributed by atoms with Gasteiger partial charge >= 0.3 is 6.61 Å². The number of hydrogen-bond donors (Lipinski definition) is 1. The van der Waals surface area contributed by atoms with Gasteiger partial charge in [-0.3, -0.25) is 4.79 Å². The van der Waals surface area contributed by atoms with Crippen LogP contribution >= 0.6 is 0 Å². The number of benzene rings is 2. The van der Waals surface area contributed by atoms with Crippen LogP contribution in [0.25, 0.3) is 0 Å². The molecule has 0 saturated heterocycles. The Kier molecular flexibility index (Phi) is 5.47. The van der Waals surface area contributed by atoms with Crippen molar-refractivity contribution in [3.63, 3.8) is 0 Å². The monoisotopic (exact) mass is 305 g/mol. The molecule has 22 heavy (non-hydrogen) atoms. The van der Waals surface area contributed by atoms with E-state index in [4.69, 9.17) is 0 Å². The first kappa shape index (κ1) is 15.9. The molecule has 1 unspecified atom stereocenters. The van der Waals surface area contributed by atoms with Gasteiger partial charge < -0.3 is 10.1 Å². The quantitative estimate of drug-likeness (QED) is 0.881. The Hall–Kier alpha value is -2.43. The second-order valence-electron chi connectivity index (χ2n) is 4.92. The number of amides is 1. The molecule has 0 aliphatic heterocycles. The van der Waals surface area contributed by atoms with E-state index in [1.54, 1.807) is 0 Å². The highest BCUT2D eigenvalue weighted by Crippen LogP contribution is 2.16. The SMILES string of the molecule is CC(CNC(=O)c1ccc(OC(F)F)cc1)c1ccccc1. The minimum absolute atomic E-state index is 0.0317. The van der Waals surface area contributed by atoms with Crippen molar-refractivity contribution in [2.24, 2.45) is 0 Å². The summed E-state index contributed by atoms with van der Waals surface area (Å²) in [5, 5.41) is 2.83. The van der Waals surface area contributed by atoms with Crippen LogP contribution in [0.4, 0.5) is 8.78 Å². The van der Waals surface area contributed by atoms with Gasteiger partial charge in [-0.25, -0.2) is 0 Å². The Balaban J connectivity index is 1.89. The Bertz CT molecular complexity index is 600. The normalized spacial score (nSPS) is 12.0. The molecule has 0 bridgehead atoms. The summed E-state index contributed by atoms with van der Waals surface area (Å²) in [6.45, 7) is -0.348. The first-order valence-corrected chi connectivity index (χ1v) is 6.94. The average molecular weight is 305 g/mol. The molecular weight excluding hydrogens is 288 g/mol. The molecule has 2 aromatic rings.